The molecule has 2 aliphatic rings. The first-order chi connectivity index (χ1) is 7.90. The maximum absolute atomic E-state index is 5.68. The number of hydrogen-bond donors (Lipinski definition) is 1. The molecule has 3 unspecified atom stereocenters. The monoisotopic (exact) mass is 225 g/mol. The number of rotatable bonds is 6. The van der Waals surface area contributed by atoms with Crippen molar-refractivity contribution >= 4 is 0 Å². The quantitative estimate of drug-likeness (QED) is 0.750. The Balaban J connectivity index is 1.60. The first-order valence-electron chi connectivity index (χ1n) is 7.25. The van der Waals surface area contributed by atoms with Gasteiger partial charge in [0.25, 0.3) is 0 Å². The van der Waals surface area contributed by atoms with Crippen LogP contribution >= 0.6 is 0 Å². The molecule has 2 fully saturated rings. The van der Waals surface area contributed by atoms with Gasteiger partial charge in [-0.25, -0.2) is 0 Å². The molecule has 1 N–H and O–H groups in total. The normalized spacial score (nSPS) is 34.7. The van der Waals surface area contributed by atoms with Gasteiger partial charge in [-0.3, -0.25) is 0 Å². The number of ether oxygens (including phenoxy) is 1. The van der Waals surface area contributed by atoms with Crippen molar-refractivity contribution in [1.29, 1.82) is 0 Å². The van der Waals surface area contributed by atoms with Crippen LogP contribution in [0.4, 0.5) is 0 Å². The third-order valence-corrected chi connectivity index (χ3v) is 4.25. The Bertz CT molecular complexity index is 189. The minimum atomic E-state index is 0.596. The van der Waals surface area contributed by atoms with E-state index in [0.717, 1.165) is 25.1 Å². The fraction of sp³-hybridized carbons (Fsp3) is 1.00. The van der Waals surface area contributed by atoms with E-state index in [1.807, 2.05) is 0 Å². The molecule has 1 heterocycles. The van der Waals surface area contributed by atoms with Gasteiger partial charge in [-0.05, 0) is 51.0 Å². The average molecular weight is 225 g/mol. The molecular weight excluding hydrogens is 198 g/mol. The predicted octanol–water partition coefficient (Wildman–Crippen LogP) is 3.11. The summed E-state index contributed by atoms with van der Waals surface area (Å²) in [7, 11) is 0. The van der Waals surface area contributed by atoms with E-state index in [-0.39, 0.29) is 0 Å². The van der Waals surface area contributed by atoms with Crippen LogP contribution in [0.3, 0.4) is 0 Å². The summed E-state index contributed by atoms with van der Waals surface area (Å²) in [4.78, 5) is 0. The first-order valence-corrected chi connectivity index (χ1v) is 7.25. The molecule has 0 radical (unpaired) electrons. The van der Waals surface area contributed by atoms with Crippen LogP contribution in [0.15, 0.2) is 0 Å². The number of hydrogen-bond acceptors (Lipinski definition) is 2. The zero-order valence-electron chi connectivity index (χ0n) is 10.7. The summed E-state index contributed by atoms with van der Waals surface area (Å²) >= 11 is 0. The van der Waals surface area contributed by atoms with Crippen molar-refractivity contribution in [3.8, 4) is 0 Å². The zero-order chi connectivity index (χ0) is 11.2. The molecule has 0 aromatic carbocycles. The van der Waals surface area contributed by atoms with Gasteiger partial charge >= 0.3 is 0 Å². The molecule has 1 saturated heterocycles. The van der Waals surface area contributed by atoms with E-state index in [1.165, 1.54) is 51.4 Å². The zero-order valence-corrected chi connectivity index (χ0v) is 10.7. The Labute approximate surface area is 100 Å². The molecule has 0 aromatic heterocycles. The SMILES string of the molecule is CCNC1CCCC1CCCC1CCCO1. The van der Waals surface area contributed by atoms with Gasteiger partial charge in [0.1, 0.15) is 0 Å². The molecule has 2 heteroatoms. The summed E-state index contributed by atoms with van der Waals surface area (Å²) < 4.78 is 5.68. The standard InChI is InChI=1S/C14H27NO/c1-2-15-14-10-4-7-12(14)6-3-8-13-9-5-11-16-13/h12-15H,2-11H2,1H3. The van der Waals surface area contributed by atoms with E-state index < -0.39 is 0 Å². The van der Waals surface area contributed by atoms with E-state index >= 15 is 0 Å². The Morgan fingerprint density at radius 1 is 1.12 bits per heavy atom. The highest BCUT2D eigenvalue weighted by molar-refractivity contribution is 4.83. The Morgan fingerprint density at radius 3 is 2.81 bits per heavy atom. The van der Waals surface area contributed by atoms with Crippen LogP contribution in [0, 0.1) is 5.92 Å². The summed E-state index contributed by atoms with van der Waals surface area (Å²) in [5, 5.41) is 3.64. The summed E-state index contributed by atoms with van der Waals surface area (Å²) in [6, 6.07) is 0.814. The van der Waals surface area contributed by atoms with Gasteiger partial charge in [0.2, 0.25) is 0 Å². The van der Waals surface area contributed by atoms with Crippen molar-refractivity contribution in [2.75, 3.05) is 13.2 Å². The average Bonchev–Trinajstić information content (AvgIpc) is 2.91. The van der Waals surface area contributed by atoms with Crippen LogP contribution in [-0.4, -0.2) is 25.3 Å². The lowest BCUT2D eigenvalue weighted by Gasteiger charge is -2.20. The van der Waals surface area contributed by atoms with E-state index in [1.54, 1.807) is 0 Å². The molecule has 2 rings (SSSR count). The molecular formula is C14H27NO. The summed E-state index contributed by atoms with van der Waals surface area (Å²) in [6.07, 6.45) is 11.6. The highest BCUT2D eigenvalue weighted by atomic mass is 16.5. The van der Waals surface area contributed by atoms with Gasteiger partial charge in [0, 0.05) is 12.6 Å². The van der Waals surface area contributed by atoms with Crippen LogP contribution in [0.25, 0.3) is 0 Å². The van der Waals surface area contributed by atoms with Gasteiger partial charge in [-0.2, -0.15) is 0 Å². The van der Waals surface area contributed by atoms with E-state index in [9.17, 15) is 0 Å². The minimum Gasteiger partial charge on any atom is -0.378 e. The summed E-state index contributed by atoms with van der Waals surface area (Å²) in [5.74, 6) is 0.946. The van der Waals surface area contributed by atoms with Crippen molar-refractivity contribution in [1.82, 2.24) is 5.32 Å². The third kappa shape index (κ3) is 3.46. The van der Waals surface area contributed by atoms with Crippen LogP contribution in [0.2, 0.25) is 0 Å². The molecule has 0 aromatic rings. The van der Waals surface area contributed by atoms with Gasteiger partial charge in [0.15, 0.2) is 0 Å². The van der Waals surface area contributed by atoms with Crippen molar-refractivity contribution in [2.45, 2.75) is 70.4 Å². The largest absolute Gasteiger partial charge is 0.378 e. The molecule has 16 heavy (non-hydrogen) atoms. The van der Waals surface area contributed by atoms with E-state index in [0.29, 0.717) is 6.10 Å². The van der Waals surface area contributed by atoms with Gasteiger partial charge in [-0.1, -0.05) is 19.8 Å². The fourth-order valence-electron chi connectivity index (χ4n) is 3.39. The lowest BCUT2D eigenvalue weighted by molar-refractivity contribution is 0.100. The first kappa shape index (κ1) is 12.4. The highest BCUT2D eigenvalue weighted by Crippen LogP contribution is 2.30. The van der Waals surface area contributed by atoms with E-state index in [2.05, 4.69) is 12.2 Å². The molecule has 0 spiro atoms. The maximum atomic E-state index is 5.68. The molecule has 1 aliphatic heterocycles. The second-order valence-corrected chi connectivity index (χ2v) is 5.42. The summed E-state index contributed by atoms with van der Waals surface area (Å²) in [5.41, 5.74) is 0. The van der Waals surface area contributed by atoms with Gasteiger partial charge in [-0.15, -0.1) is 0 Å². The molecule has 3 atom stereocenters. The molecule has 0 amide bonds. The third-order valence-electron chi connectivity index (χ3n) is 4.25. The Hall–Kier alpha value is -0.0800. The van der Waals surface area contributed by atoms with Crippen LogP contribution in [0.5, 0.6) is 0 Å². The summed E-state index contributed by atoms with van der Waals surface area (Å²) in [6.45, 7) is 4.36. The lowest BCUT2D eigenvalue weighted by Crippen LogP contribution is -2.32. The maximum Gasteiger partial charge on any atom is 0.0576 e. The van der Waals surface area contributed by atoms with Crippen LogP contribution in [0.1, 0.15) is 58.3 Å². The second-order valence-electron chi connectivity index (χ2n) is 5.42. The molecule has 94 valence electrons. The fourth-order valence-corrected chi connectivity index (χ4v) is 3.39. The molecule has 1 aliphatic carbocycles. The smallest absolute Gasteiger partial charge is 0.0576 e. The molecule has 0 bridgehead atoms. The highest BCUT2D eigenvalue weighted by Gasteiger charge is 2.26. The van der Waals surface area contributed by atoms with Gasteiger partial charge < -0.3 is 10.1 Å². The van der Waals surface area contributed by atoms with Crippen LogP contribution < -0.4 is 5.32 Å². The van der Waals surface area contributed by atoms with Crippen molar-refractivity contribution in [3.05, 3.63) is 0 Å². The minimum absolute atomic E-state index is 0.596. The second kappa shape index (κ2) is 6.61. The van der Waals surface area contributed by atoms with E-state index in [4.69, 9.17) is 4.74 Å². The lowest BCUT2D eigenvalue weighted by atomic mass is 9.95. The molecule has 2 nitrogen and oxygen atoms in total. The van der Waals surface area contributed by atoms with Crippen LogP contribution in [-0.2, 0) is 4.74 Å². The van der Waals surface area contributed by atoms with Crippen molar-refractivity contribution < 1.29 is 4.74 Å². The Kier molecular flexibility index (Phi) is 5.11. The molecule has 1 saturated carbocycles. The van der Waals surface area contributed by atoms with Crippen molar-refractivity contribution in [3.63, 3.8) is 0 Å². The Morgan fingerprint density at radius 2 is 2.06 bits per heavy atom. The predicted molar refractivity (Wildman–Crippen MR) is 67.6 cm³/mol. The van der Waals surface area contributed by atoms with Gasteiger partial charge in [0.05, 0.1) is 6.10 Å². The van der Waals surface area contributed by atoms with Crippen molar-refractivity contribution in [2.24, 2.45) is 5.92 Å². The number of nitrogens with one attached hydrogen (secondary N) is 1. The topological polar surface area (TPSA) is 21.3 Å².